The number of aromatic nitrogens is 3. The molecule has 0 saturated carbocycles. The highest BCUT2D eigenvalue weighted by molar-refractivity contribution is 5.20. The van der Waals surface area contributed by atoms with Crippen LogP contribution < -0.4 is 5.32 Å². The van der Waals surface area contributed by atoms with Gasteiger partial charge in [0.15, 0.2) is 0 Å². The normalized spacial score (nSPS) is 11.2. The van der Waals surface area contributed by atoms with Crippen molar-refractivity contribution in [1.29, 1.82) is 0 Å². The molecule has 0 bridgehead atoms. The Morgan fingerprint density at radius 2 is 1.95 bits per heavy atom. The van der Waals surface area contributed by atoms with Crippen LogP contribution in [0.25, 0.3) is 0 Å². The highest BCUT2D eigenvalue weighted by atomic mass is 19.1. The quantitative estimate of drug-likeness (QED) is 0.901. The van der Waals surface area contributed by atoms with E-state index in [1.54, 1.807) is 0 Å². The van der Waals surface area contributed by atoms with E-state index in [9.17, 15) is 8.78 Å². The molecule has 2 aromatic rings. The standard InChI is InChI=1S/C13H16F2N4/c1-9(2)16-6-13-17-8-18-19(13)7-10-11(14)4-3-5-12(10)15/h3-5,8-9,16H,6-7H2,1-2H3. The molecule has 1 heterocycles. The van der Waals surface area contributed by atoms with E-state index in [2.05, 4.69) is 15.4 Å². The van der Waals surface area contributed by atoms with Gasteiger partial charge in [0.1, 0.15) is 23.8 Å². The van der Waals surface area contributed by atoms with Crippen LogP contribution in [0.4, 0.5) is 8.78 Å². The summed E-state index contributed by atoms with van der Waals surface area (Å²) < 4.78 is 28.6. The summed E-state index contributed by atoms with van der Waals surface area (Å²) in [6.07, 6.45) is 1.39. The molecule has 1 aromatic carbocycles. The zero-order valence-corrected chi connectivity index (χ0v) is 10.9. The van der Waals surface area contributed by atoms with Crippen molar-refractivity contribution in [2.24, 2.45) is 0 Å². The van der Waals surface area contributed by atoms with Crippen LogP contribution in [-0.4, -0.2) is 20.8 Å². The first-order chi connectivity index (χ1) is 9.08. The lowest BCUT2D eigenvalue weighted by Crippen LogP contribution is -2.24. The van der Waals surface area contributed by atoms with Crippen LogP contribution in [0.15, 0.2) is 24.5 Å². The maximum Gasteiger partial charge on any atom is 0.141 e. The highest BCUT2D eigenvalue weighted by Crippen LogP contribution is 2.13. The van der Waals surface area contributed by atoms with Gasteiger partial charge in [0, 0.05) is 11.6 Å². The Labute approximate surface area is 110 Å². The smallest absolute Gasteiger partial charge is 0.141 e. The summed E-state index contributed by atoms with van der Waals surface area (Å²) in [4.78, 5) is 4.09. The average molecular weight is 266 g/mol. The summed E-state index contributed by atoms with van der Waals surface area (Å²) in [5.74, 6) is -0.493. The van der Waals surface area contributed by atoms with E-state index >= 15 is 0 Å². The van der Waals surface area contributed by atoms with E-state index in [0.717, 1.165) is 0 Å². The zero-order chi connectivity index (χ0) is 13.8. The number of rotatable bonds is 5. The van der Waals surface area contributed by atoms with E-state index in [0.29, 0.717) is 18.4 Å². The van der Waals surface area contributed by atoms with Crippen molar-refractivity contribution in [2.45, 2.75) is 33.0 Å². The summed E-state index contributed by atoms with van der Waals surface area (Å²) >= 11 is 0. The van der Waals surface area contributed by atoms with Crippen LogP contribution in [0.1, 0.15) is 25.2 Å². The van der Waals surface area contributed by atoms with E-state index < -0.39 is 11.6 Å². The molecule has 0 spiro atoms. The van der Waals surface area contributed by atoms with Gasteiger partial charge in [-0.25, -0.2) is 18.4 Å². The first kappa shape index (κ1) is 13.6. The third-order valence-corrected chi connectivity index (χ3v) is 2.73. The molecule has 0 aliphatic rings. The van der Waals surface area contributed by atoms with Crippen LogP contribution in [0.5, 0.6) is 0 Å². The van der Waals surface area contributed by atoms with Crippen LogP contribution in [0.2, 0.25) is 0 Å². The average Bonchev–Trinajstić information content (AvgIpc) is 2.79. The molecule has 0 fully saturated rings. The number of halogens is 2. The summed E-state index contributed by atoms with van der Waals surface area (Å²) in [5.41, 5.74) is -0.00111. The Hall–Kier alpha value is -1.82. The van der Waals surface area contributed by atoms with E-state index in [4.69, 9.17) is 0 Å². The zero-order valence-electron chi connectivity index (χ0n) is 10.9. The molecule has 0 aliphatic heterocycles. The number of hydrogen-bond acceptors (Lipinski definition) is 3. The second kappa shape index (κ2) is 5.88. The SMILES string of the molecule is CC(C)NCc1ncnn1Cc1c(F)cccc1F. The molecule has 102 valence electrons. The predicted molar refractivity (Wildman–Crippen MR) is 67.5 cm³/mol. The molecule has 0 radical (unpaired) electrons. The molecule has 2 rings (SSSR count). The predicted octanol–water partition coefficient (Wildman–Crippen LogP) is 2.10. The first-order valence-corrected chi connectivity index (χ1v) is 6.11. The van der Waals surface area contributed by atoms with Gasteiger partial charge in [-0.1, -0.05) is 19.9 Å². The molecular formula is C13H16F2N4. The van der Waals surface area contributed by atoms with Crippen molar-refractivity contribution in [3.63, 3.8) is 0 Å². The van der Waals surface area contributed by atoms with Crippen LogP contribution >= 0.6 is 0 Å². The summed E-state index contributed by atoms with van der Waals surface area (Å²) in [6.45, 7) is 4.57. The third-order valence-electron chi connectivity index (χ3n) is 2.73. The fraction of sp³-hybridized carbons (Fsp3) is 0.385. The summed E-state index contributed by atoms with van der Waals surface area (Å²) in [5, 5.41) is 7.20. The lowest BCUT2D eigenvalue weighted by atomic mass is 10.2. The molecule has 0 unspecified atom stereocenters. The van der Waals surface area contributed by atoms with Gasteiger partial charge in [0.05, 0.1) is 13.1 Å². The molecule has 0 atom stereocenters. The van der Waals surface area contributed by atoms with Crippen molar-refractivity contribution in [1.82, 2.24) is 20.1 Å². The number of nitrogens with one attached hydrogen (secondary N) is 1. The monoisotopic (exact) mass is 266 g/mol. The van der Waals surface area contributed by atoms with Crippen LogP contribution in [-0.2, 0) is 13.1 Å². The third kappa shape index (κ3) is 3.35. The van der Waals surface area contributed by atoms with Gasteiger partial charge in [0.2, 0.25) is 0 Å². The van der Waals surface area contributed by atoms with E-state index in [1.165, 1.54) is 29.2 Å². The van der Waals surface area contributed by atoms with Crippen LogP contribution in [0.3, 0.4) is 0 Å². The van der Waals surface area contributed by atoms with Crippen molar-refractivity contribution >= 4 is 0 Å². The van der Waals surface area contributed by atoms with Gasteiger partial charge in [-0.15, -0.1) is 0 Å². The Morgan fingerprint density at radius 1 is 1.26 bits per heavy atom. The fourth-order valence-corrected chi connectivity index (χ4v) is 1.69. The molecular weight excluding hydrogens is 250 g/mol. The van der Waals surface area contributed by atoms with Gasteiger partial charge in [-0.2, -0.15) is 5.10 Å². The van der Waals surface area contributed by atoms with E-state index in [1.807, 2.05) is 13.8 Å². The van der Waals surface area contributed by atoms with Crippen molar-refractivity contribution < 1.29 is 8.78 Å². The molecule has 19 heavy (non-hydrogen) atoms. The number of benzene rings is 1. The minimum absolute atomic E-state index is 0.00111. The molecule has 0 saturated heterocycles. The minimum atomic E-state index is -0.571. The Balaban J connectivity index is 2.17. The lowest BCUT2D eigenvalue weighted by molar-refractivity contribution is 0.507. The van der Waals surface area contributed by atoms with Gasteiger partial charge in [-0.05, 0) is 12.1 Å². The summed E-state index contributed by atoms with van der Waals surface area (Å²) in [6, 6.07) is 4.12. The second-order valence-electron chi connectivity index (χ2n) is 4.57. The summed E-state index contributed by atoms with van der Waals surface area (Å²) in [7, 11) is 0. The highest BCUT2D eigenvalue weighted by Gasteiger charge is 2.12. The van der Waals surface area contributed by atoms with E-state index in [-0.39, 0.29) is 12.1 Å². The van der Waals surface area contributed by atoms with Gasteiger partial charge >= 0.3 is 0 Å². The molecule has 0 aliphatic carbocycles. The Kier molecular flexibility index (Phi) is 4.21. The van der Waals surface area contributed by atoms with Crippen LogP contribution in [0, 0.1) is 11.6 Å². The molecule has 1 aromatic heterocycles. The largest absolute Gasteiger partial charge is 0.308 e. The van der Waals surface area contributed by atoms with Crippen molar-refractivity contribution in [3.8, 4) is 0 Å². The maximum absolute atomic E-state index is 13.6. The topological polar surface area (TPSA) is 42.7 Å². The number of hydrogen-bond donors (Lipinski definition) is 1. The van der Waals surface area contributed by atoms with Crippen molar-refractivity contribution in [3.05, 3.63) is 47.5 Å². The maximum atomic E-state index is 13.6. The first-order valence-electron chi connectivity index (χ1n) is 6.11. The van der Waals surface area contributed by atoms with Crippen molar-refractivity contribution in [2.75, 3.05) is 0 Å². The molecule has 4 nitrogen and oxygen atoms in total. The fourth-order valence-electron chi connectivity index (χ4n) is 1.69. The second-order valence-corrected chi connectivity index (χ2v) is 4.57. The molecule has 6 heteroatoms. The Morgan fingerprint density at radius 3 is 2.58 bits per heavy atom. The number of nitrogens with zero attached hydrogens (tertiary/aromatic N) is 3. The van der Waals surface area contributed by atoms with Gasteiger partial charge in [0.25, 0.3) is 0 Å². The molecule has 0 amide bonds. The minimum Gasteiger partial charge on any atom is -0.308 e. The Bertz CT molecular complexity index is 531. The lowest BCUT2D eigenvalue weighted by Gasteiger charge is -2.10. The van der Waals surface area contributed by atoms with Gasteiger partial charge < -0.3 is 5.32 Å². The molecule has 1 N–H and O–H groups in total. The van der Waals surface area contributed by atoms with Gasteiger partial charge in [-0.3, -0.25) is 0 Å².